The first-order valence-electron chi connectivity index (χ1n) is 8.23. The zero-order chi connectivity index (χ0) is 19.1. The van der Waals surface area contributed by atoms with E-state index in [4.69, 9.17) is 0 Å². The van der Waals surface area contributed by atoms with Gasteiger partial charge in [0.05, 0.1) is 12.0 Å². The molecule has 26 heavy (non-hydrogen) atoms. The fourth-order valence-corrected chi connectivity index (χ4v) is 4.18. The van der Waals surface area contributed by atoms with Gasteiger partial charge in [0.2, 0.25) is 11.8 Å². The molecule has 9 nitrogen and oxygen atoms in total. The Morgan fingerprint density at radius 1 is 1.23 bits per heavy atom. The van der Waals surface area contributed by atoms with Crippen LogP contribution in [0.2, 0.25) is 0 Å². The van der Waals surface area contributed by atoms with Crippen molar-refractivity contribution in [2.75, 3.05) is 31.1 Å². The van der Waals surface area contributed by atoms with E-state index < -0.39 is 21.4 Å². The summed E-state index contributed by atoms with van der Waals surface area (Å²) in [6.45, 7) is 4.61. The Hall–Kier alpha value is -2.27. The number of piperazine rings is 1. The number of anilines is 1. The molecule has 1 fully saturated rings. The molecule has 2 aromatic rings. The summed E-state index contributed by atoms with van der Waals surface area (Å²) in [5, 5.41) is 0.00357. The zero-order valence-corrected chi connectivity index (χ0v) is 15.6. The van der Waals surface area contributed by atoms with Crippen molar-refractivity contribution in [3.05, 3.63) is 34.4 Å². The number of rotatable bonds is 4. The molecular formula is C15H21FN6O3S. The molecule has 1 N–H and O–H groups in total. The van der Waals surface area contributed by atoms with Gasteiger partial charge in [-0.25, -0.2) is 18.4 Å². The average molecular weight is 384 g/mol. The van der Waals surface area contributed by atoms with Crippen LogP contribution >= 0.6 is 0 Å². The molecule has 0 atom stereocenters. The van der Waals surface area contributed by atoms with E-state index in [9.17, 15) is 17.6 Å². The van der Waals surface area contributed by atoms with Crippen molar-refractivity contribution in [2.45, 2.75) is 24.8 Å². The fourth-order valence-electron chi connectivity index (χ4n) is 2.79. The molecule has 1 saturated heterocycles. The van der Waals surface area contributed by atoms with Crippen molar-refractivity contribution >= 4 is 16.0 Å². The minimum Gasteiger partial charge on any atom is -0.340 e. The molecule has 0 aliphatic carbocycles. The number of halogens is 1. The van der Waals surface area contributed by atoms with Crippen LogP contribution in [0, 0.1) is 5.82 Å². The van der Waals surface area contributed by atoms with E-state index in [2.05, 4.69) is 15.0 Å². The Morgan fingerprint density at radius 2 is 1.88 bits per heavy atom. The summed E-state index contributed by atoms with van der Waals surface area (Å²) in [6.07, 6.45) is 2.89. The van der Waals surface area contributed by atoms with Crippen LogP contribution in [-0.2, 0) is 17.1 Å². The summed E-state index contributed by atoms with van der Waals surface area (Å²) < 4.78 is 42.0. The smallest absolute Gasteiger partial charge is 0.288 e. The number of aryl methyl sites for hydroxylation is 1. The van der Waals surface area contributed by atoms with E-state index >= 15 is 0 Å². The monoisotopic (exact) mass is 384 g/mol. The van der Waals surface area contributed by atoms with Crippen LogP contribution in [0.15, 0.2) is 22.3 Å². The normalized spacial score (nSPS) is 16.4. The lowest BCUT2D eigenvalue weighted by Crippen LogP contribution is -2.49. The second-order valence-corrected chi connectivity index (χ2v) is 8.40. The standard InChI is InChI=1S/C15H21FN6O3S/c1-10(2)13-12(16)14(23)19-15(18-13)21-4-6-22(7-5-21)26(24,25)11-8-20(3)9-17-11/h8-10H,4-7H2,1-3H3,(H,18,19,23). The van der Waals surface area contributed by atoms with E-state index in [0.29, 0.717) is 13.1 Å². The molecule has 0 amide bonds. The highest BCUT2D eigenvalue weighted by molar-refractivity contribution is 7.89. The van der Waals surface area contributed by atoms with Gasteiger partial charge in [-0.15, -0.1) is 0 Å². The molecule has 0 unspecified atom stereocenters. The summed E-state index contributed by atoms with van der Waals surface area (Å²) in [7, 11) is -1.96. The number of H-pyrrole nitrogens is 1. The summed E-state index contributed by atoms with van der Waals surface area (Å²) in [5.41, 5.74) is -0.713. The highest BCUT2D eigenvalue weighted by atomic mass is 32.2. The quantitative estimate of drug-likeness (QED) is 0.812. The number of hydrogen-bond acceptors (Lipinski definition) is 6. The van der Waals surface area contributed by atoms with Gasteiger partial charge in [0, 0.05) is 39.4 Å². The number of hydrogen-bond donors (Lipinski definition) is 1. The summed E-state index contributed by atoms with van der Waals surface area (Å²) >= 11 is 0. The Labute approximate surface area is 150 Å². The highest BCUT2D eigenvalue weighted by Crippen LogP contribution is 2.20. The van der Waals surface area contributed by atoms with Crippen molar-refractivity contribution in [3.63, 3.8) is 0 Å². The number of nitrogens with zero attached hydrogens (tertiary/aromatic N) is 5. The number of aromatic amines is 1. The van der Waals surface area contributed by atoms with Gasteiger partial charge in [0.25, 0.3) is 15.6 Å². The molecule has 0 aromatic carbocycles. The second kappa shape index (κ2) is 6.80. The van der Waals surface area contributed by atoms with E-state index in [-0.39, 0.29) is 35.7 Å². The van der Waals surface area contributed by atoms with Crippen LogP contribution in [0.3, 0.4) is 0 Å². The largest absolute Gasteiger partial charge is 0.340 e. The van der Waals surface area contributed by atoms with Crippen LogP contribution in [0.5, 0.6) is 0 Å². The lowest BCUT2D eigenvalue weighted by molar-refractivity contribution is 0.380. The number of nitrogens with one attached hydrogen (secondary N) is 1. The molecular weight excluding hydrogens is 363 g/mol. The SMILES string of the molecule is CC(C)c1nc(N2CCN(S(=O)(=O)c3cn(C)cn3)CC2)[nH]c(=O)c1F. The van der Waals surface area contributed by atoms with Gasteiger partial charge < -0.3 is 9.47 Å². The maximum absolute atomic E-state index is 13.9. The zero-order valence-electron chi connectivity index (χ0n) is 14.8. The van der Waals surface area contributed by atoms with Gasteiger partial charge in [0.15, 0.2) is 5.03 Å². The van der Waals surface area contributed by atoms with Gasteiger partial charge >= 0.3 is 0 Å². The molecule has 142 valence electrons. The topological polar surface area (TPSA) is 104 Å². The summed E-state index contributed by atoms with van der Waals surface area (Å²) in [5.74, 6) is -0.850. The Balaban J connectivity index is 1.78. The molecule has 0 bridgehead atoms. The van der Waals surface area contributed by atoms with Gasteiger partial charge in [-0.1, -0.05) is 13.8 Å². The first-order valence-corrected chi connectivity index (χ1v) is 9.67. The van der Waals surface area contributed by atoms with Crippen molar-refractivity contribution in [1.29, 1.82) is 0 Å². The molecule has 0 spiro atoms. The maximum Gasteiger partial charge on any atom is 0.288 e. The first kappa shape index (κ1) is 18.5. The lowest BCUT2D eigenvalue weighted by atomic mass is 10.1. The van der Waals surface area contributed by atoms with E-state index in [1.165, 1.54) is 16.8 Å². The number of imidazole rings is 1. The molecule has 3 rings (SSSR count). The molecule has 0 radical (unpaired) electrons. The third-order valence-electron chi connectivity index (χ3n) is 4.25. The summed E-state index contributed by atoms with van der Waals surface area (Å²) in [4.78, 5) is 24.1. The Bertz CT molecular complexity index is 960. The molecule has 2 aromatic heterocycles. The van der Waals surface area contributed by atoms with Gasteiger partial charge in [-0.05, 0) is 5.92 Å². The first-order chi connectivity index (χ1) is 12.2. The average Bonchev–Trinajstić information content (AvgIpc) is 3.04. The number of sulfonamides is 1. The predicted octanol–water partition coefficient (Wildman–Crippen LogP) is 0.277. The second-order valence-electron chi connectivity index (χ2n) is 6.51. The van der Waals surface area contributed by atoms with E-state index in [0.717, 1.165) is 0 Å². The van der Waals surface area contributed by atoms with Crippen LogP contribution in [0.25, 0.3) is 0 Å². The van der Waals surface area contributed by atoms with Crippen molar-refractivity contribution in [3.8, 4) is 0 Å². The third kappa shape index (κ3) is 3.36. The lowest BCUT2D eigenvalue weighted by Gasteiger charge is -2.34. The minimum absolute atomic E-state index is 0.00357. The van der Waals surface area contributed by atoms with Crippen molar-refractivity contribution in [1.82, 2.24) is 23.8 Å². The van der Waals surface area contributed by atoms with Crippen LogP contribution in [0.4, 0.5) is 10.3 Å². The fraction of sp³-hybridized carbons (Fsp3) is 0.533. The van der Waals surface area contributed by atoms with Crippen LogP contribution in [0.1, 0.15) is 25.5 Å². The third-order valence-corrected chi connectivity index (χ3v) is 6.03. The molecule has 11 heteroatoms. The summed E-state index contributed by atoms with van der Waals surface area (Å²) in [6, 6.07) is 0. The van der Waals surface area contributed by atoms with Gasteiger partial charge in [0.1, 0.15) is 0 Å². The molecule has 3 heterocycles. The van der Waals surface area contributed by atoms with Gasteiger partial charge in [-0.2, -0.15) is 8.70 Å². The molecule has 0 saturated carbocycles. The van der Waals surface area contributed by atoms with Crippen LogP contribution < -0.4 is 10.5 Å². The van der Waals surface area contributed by atoms with E-state index in [1.807, 2.05) is 0 Å². The van der Waals surface area contributed by atoms with Crippen LogP contribution in [-0.4, -0.2) is 58.4 Å². The Kier molecular flexibility index (Phi) is 4.84. The predicted molar refractivity (Wildman–Crippen MR) is 93.1 cm³/mol. The highest BCUT2D eigenvalue weighted by Gasteiger charge is 2.31. The minimum atomic E-state index is -3.66. The van der Waals surface area contributed by atoms with Crippen molar-refractivity contribution in [2.24, 2.45) is 7.05 Å². The molecule has 1 aliphatic rings. The maximum atomic E-state index is 13.9. The molecule has 1 aliphatic heterocycles. The van der Waals surface area contributed by atoms with Crippen molar-refractivity contribution < 1.29 is 12.8 Å². The van der Waals surface area contributed by atoms with Gasteiger partial charge in [-0.3, -0.25) is 9.78 Å². The number of aromatic nitrogens is 4. The Morgan fingerprint density at radius 3 is 2.42 bits per heavy atom. The van der Waals surface area contributed by atoms with E-state index in [1.54, 1.807) is 30.4 Å².